The Bertz CT molecular complexity index is 345. The number of carboxylic acids is 1. The zero-order valence-electron chi connectivity index (χ0n) is 11.6. The molecule has 2 aliphatic rings. The molecule has 1 N–H and O–H groups in total. The third-order valence-electron chi connectivity index (χ3n) is 4.63. The zero-order valence-corrected chi connectivity index (χ0v) is 12.4. The van der Waals surface area contributed by atoms with Crippen LogP contribution in [-0.4, -0.2) is 46.5 Å². The lowest BCUT2D eigenvalue weighted by Crippen LogP contribution is -2.43. The van der Waals surface area contributed by atoms with Gasteiger partial charge in [0.1, 0.15) is 0 Å². The van der Waals surface area contributed by atoms with Gasteiger partial charge in [-0.15, -0.1) is 0 Å². The lowest BCUT2D eigenvalue weighted by molar-refractivity contribution is -0.153. The van der Waals surface area contributed by atoms with Crippen molar-refractivity contribution in [3.05, 3.63) is 0 Å². The zero-order chi connectivity index (χ0) is 13.9. The molecule has 0 unspecified atom stereocenters. The molecule has 1 saturated carbocycles. The van der Waals surface area contributed by atoms with Crippen LogP contribution in [0.4, 0.5) is 0 Å². The van der Waals surface area contributed by atoms with Crippen LogP contribution in [0.5, 0.6) is 0 Å². The van der Waals surface area contributed by atoms with Crippen LogP contribution in [-0.2, 0) is 9.59 Å². The molecule has 1 amide bonds. The number of piperidine rings is 1. The summed E-state index contributed by atoms with van der Waals surface area (Å²) in [6, 6.07) is 0. The van der Waals surface area contributed by atoms with Gasteiger partial charge in [-0.1, -0.05) is 12.8 Å². The van der Waals surface area contributed by atoms with Gasteiger partial charge in [0.2, 0.25) is 5.91 Å². The minimum absolute atomic E-state index is 0.0452. The summed E-state index contributed by atoms with van der Waals surface area (Å²) in [6.07, 6.45) is 7.58. The molecule has 0 atom stereocenters. The van der Waals surface area contributed by atoms with Crippen molar-refractivity contribution in [1.82, 2.24) is 4.90 Å². The highest BCUT2D eigenvalue weighted by molar-refractivity contribution is 7.99. The van der Waals surface area contributed by atoms with Crippen molar-refractivity contribution in [3.8, 4) is 0 Å². The Morgan fingerprint density at radius 3 is 2.32 bits per heavy atom. The number of thioether (sulfide) groups is 1. The number of carbonyl (C=O) groups excluding carboxylic acids is 1. The van der Waals surface area contributed by atoms with Crippen molar-refractivity contribution in [2.75, 3.05) is 19.3 Å². The number of amides is 1. The molecule has 2 fully saturated rings. The third-order valence-corrected chi connectivity index (χ3v) is 5.77. The van der Waals surface area contributed by atoms with Crippen molar-refractivity contribution >= 4 is 23.6 Å². The Hall–Kier alpha value is -0.710. The van der Waals surface area contributed by atoms with Gasteiger partial charge in [-0.05, 0) is 31.9 Å². The molecule has 1 heterocycles. The lowest BCUT2D eigenvalue weighted by atomic mass is 9.82. The number of likely N-dealkylation sites (tertiary alicyclic amines) is 1. The summed E-state index contributed by atoms with van der Waals surface area (Å²) in [6.45, 7) is 1.58. The summed E-state index contributed by atoms with van der Waals surface area (Å²) in [5, 5.41) is 10.1. The van der Waals surface area contributed by atoms with E-state index >= 15 is 0 Å². The first kappa shape index (κ1) is 14.7. The van der Waals surface area contributed by atoms with Crippen LogP contribution in [0.1, 0.15) is 44.9 Å². The first-order valence-corrected chi connectivity index (χ1v) is 8.40. The fourth-order valence-corrected chi connectivity index (χ4v) is 3.94. The van der Waals surface area contributed by atoms with E-state index in [1.165, 1.54) is 0 Å². The fourth-order valence-electron chi connectivity index (χ4n) is 3.26. The summed E-state index contributed by atoms with van der Waals surface area (Å²) >= 11 is 1.86. The van der Waals surface area contributed by atoms with Gasteiger partial charge < -0.3 is 10.0 Å². The van der Waals surface area contributed by atoms with Gasteiger partial charge >= 0.3 is 5.97 Å². The van der Waals surface area contributed by atoms with Gasteiger partial charge in [0, 0.05) is 24.8 Å². The molecule has 108 valence electrons. The first-order chi connectivity index (χ1) is 9.07. The molecule has 1 saturated heterocycles. The van der Waals surface area contributed by atoms with E-state index in [4.69, 9.17) is 0 Å². The van der Waals surface area contributed by atoms with E-state index < -0.39 is 11.4 Å². The summed E-state index contributed by atoms with van der Waals surface area (Å²) in [4.78, 5) is 25.7. The predicted octanol–water partition coefficient (Wildman–Crippen LogP) is 2.38. The van der Waals surface area contributed by atoms with Crippen LogP contribution < -0.4 is 0 Å². The average Bonchev–Trinajstić information content (AvgIpc) is 2.88. The number of rotatable bonds is 4. The average molecular weight is 285 g/mol. The highest BCUT2D eigenvalue weighted by Gasteiger charge is 2.44. The molecule has 0 aromatic rings. The van der Waals surface area contributed by atoms with Gasteiger partial charge in [-0.3, -0.25) is 9.59 Å². The van der Waals surface area contributed by atoms with Crippen molar-refractivity contribution in [3.63, 3.8) is 0 Å². The Morgan fingerprint density at radius 1 is 1.26 bits per heavy atom. The minimum Gasteiger partial charge on any atom is -0.481 e. The van der Waals surface area contributed by atoms with E-state index in [0.717, 1.165) is 38.8 Å². The molecule has 0 aromatic heterocycles. The second-order valence-corrected chi connectivity index (χ2v) is 6.92. The molecule has 0 bridgehead atoms. The molecule has 2 rings (SSSR count). The Kier molecular flexibility index (Phi) is 4.76. The SMILES string of the molecule is CSC1CCN(C(=O)CC2(C(=O)O)CCCC2)CC1. The second-order valence-electron chi connectivity index (χ2n) is 5.79. The van der Waals surface area contributed by atoms with Gasteiger partial charge in [0.05, 0.1) is 5.41 Å². The highest BCUT2D eigenvalue weighted by Crippen LogP contribution is 2.42. The highest BCUT2D eigenvalue weighted by atomic mass is 32.2. The molecule has 5 heteroatoms. The topological polar surface area (TPSA) is 57.6 Å². The van der Waals surface area contributed by atoms with Crippen LogP contribution in [0.2, 0.25) is 0 Å². The largest absolute Gasteiger partial charge is 0.481 e. The third kappa shape index (κ3) is 3.25. The molecular weight excluding hydrogens is 262 g/mol. The molecule has 4 nitrogen and oxygen atoms in total. The Morgan fingerprint density at radius 2 is 1.84 bits per heavy atom. The number of aliphatic carboxylic acids is 1. The Balaban J connectivity index is 1.92. The molecular formula is C14H23NO3S. The molecule has 1 aliphatic carbocycles. The van der Waals surface area contributed by atoms with Crippen LogP contribution in [0.15, 0.2) is 0 Å². The van der Waals surface area contributed by atoms with Crippen LogP contribution >= 0.6 is 11.8 Å². The summed E-state index contributed by atoms with van der Waals surface area (Å²) in [7, 11) is 0. The monoisotopic (exact) mass is 285 g/mol. The van der Waals surface area contributed by atoms with Gasteiger partial charge in [-0.2, -0.15) is 11.8 Å². The molecule has 0 radical (unpaired) electrons. The predicted molar refractivity (Wildman–Crippen MR) is 76.3 cm³/mol. The lowest BCUT2D eigenvalue weighted by Gasteiger charge is -2.33. The van der Waals surface area contributed by atoms with E-state index in [1.807, 2.05) is 16.7 Å². The molecule has 0 spiro atoms. The second kappa shape index (κ2) is 6.16. The van der Waals surface area contributed by atoms with Crippen LogP contribution in [0, 0.1) is 5.41 Å². The standard InChI is InChI=1S/C14H23NO3S/c1-19-11-4-8-15(9-5-11)12(16)10-14(13(17)18)6-2-3-7-14/h11H,2-10H2,1H3,(H,17,18). The summed E-state index contributed by atoms with van der Waals surface area (Å²) < 4.78 is 0. The van der Waals surface area contributed by atoms with E-state index in [0.29, 0.717) is 18.1 Å². The molecule has 1 aliphatic heterocycles. The fraction of sp³-hybridized carbons (Fsp3) is 0.857. The normalized spacial score (nSPS) is 23.5. The number of hydrogen-bond donors (Lipinski definition) is 1. The van der Waals surface area contributed by atoms with Crippen molar-refractivity contribution in [2.45, 2.75) is 50.2 Å². The maximum atomic E-state index is 12.3. The summed E-state index contributed by atoms with van der Waals surface area (Å²) in [5.41, 5.74) is -0.770. The van der Waals surface area contributed by atoms with Gasteiger partial charge in [0.15, 0.2) is 0 Å². The van der Waals surface area contributed by atoms with Crippen LogP contribution in [0.3, 0.4) is 0 Å². The van der Waals surface area contributed by atoms with Gasteiger partial charge in [0.25, 0.3) is 0 Å². The van der Waals surface area contributed by atoms with Crippen LogP contribution in [0.25, 0.3) is 0 Å². The molecule has 19 heavy (non-hydrogen) atoms. The van der Waals surface area contributed by atoms with E-state index in [2.05, 4.69) is 6.26 Å². The maximum absolute atomic E-state index is 12.3. The van der Waals surface area contributed by atoms with E-state index in [9.17, 15) is 14.7 Å². The number of carboxylic acid groups (broad SMARTS) is 1. The van der Waals surface area contributed by atoms with Crippen molar-refractivity contribution in [2.24, 2.45) is 5.41 Å². The number of nitrogens with zero attached hydrogens (tertiary/aromatic N) is 1. The molecule has 0 aromatic carbocycles. The quantitative estimate of drug-likeness (QED) is 0.861. The number of carbonyl (C=O) groups is 2. The Labute approximate surface area is 118 Å². The van der Waals surface area contributed by atoms with E-state index in [1.54, 1.807) is 0 Å². The van der Waals surface area contributed by atoms with Crippen molar-refractivity contribution in [1.29, 1.82) is 0 Å². The first-order valence-electron chi connectivity index (χ1n) is 7.11. The minimum atomic E-state index is -0.780. The summed E-state index contributed by atoms with van der Waals surface area (Å²) in [5.74, 6) is -0.735. The number of hydrogen-bond acceptors (Lipinski definition) is 3. The van der Waals surface area contributed by atoms with E-state index in [-0.39, 0.29) is 12.3 Å². The smallest absolute Gasteiger partial charge is 0.310 e. The van der Waals surface area contributed by atoms with Crippen molar-refractivity contribution < 1.29 is 14.7 Å². The van der Waals surface area contributed by atoms with Gasteiger partial charge in [-0.25, -0.2) is 0 Å². The maximum Gasteiger partial charge on any atom is 0.310 e.